The van der Waals surface area contributed by atoms with Crippen LogP contribution < -0.4 is 5.32 Å². The van der Waals surface area contributed by atoms with E-state index in [4.69, 9.17) is 5.11 Å². The molecule has 0 saturated carbocycles. The van der Waals surface area contributed by atoms with Crippen LogP contribution in [-0.2, 0) is 0 Å². The predicted molar refractivity (Wildman–Crippen MR) is 77.9 cm³/mol. The second kappa shape index (κ2) is 5.78. The topological polar surface area (TPSA) is 75.4 Å². The second-order valence-electron chi connectivity index (χ2n) is 4.84. The van der Waals surface area contributed by atoms with Crippen LogP contribution in [0.5, 0.6) is 5.75 Å². The van der Waals surface area contributed by atoms with Gasteiger partial charge in [-0.25, -0.2) is 4.39 Å². The lowest BCUT2D eigenvalue weighted by atomic mass is 10.0. The minimum atomic E-state index is -0.720. The summed E-state index contributed by atoms with van der Waals surface area (Å²) in [5.41, 5.74) is 1.85. The van der Waals surface area contributed by atoms with E-state index in [9.17, 15) is 14.5 Å². The van der Waals surface area contributed by atoms with Gasteiger partial charge in [-0.2, -0.15) is 0 Å². The second-order valence-corrected chi connectivity index (χ2v) is 4.84. The molecule has 0 aliphatic carbocycles. The van der Waals surface area contributed by atoms with Crippen LogP contribution in [0.15, 0.2) is 36.4 Å². The molecule has 0 fully saturated rings. The first-order valence-corrected chi connectivity index (χ1v) is 6.38. The van der Waals surface area contributed by atoms with Crippen LogP contribution in [0.25, 0.3) is 0 Å². The standard InChI is InChI=1S/C15H15FN2O3/c1-9-3-4-11(7-14(9)18(20)21)10(2)17-12-5-6-15(19)13(16)8-12/h3-8,10,17,19H,1-2H3. The van der Waals surface area contributed by atoms with E-state index in [1.54, 1.807) is 19.1 Å². The van der Waals surface area contributed by atoms with Crippen LogP contribution in [0.2, 0.25) is 0 Å². The van der Waals surface area contributed by atoms with Gasteiger partial charge >= 0.3 is 0 Å². The van der Waals surface area contributed by atoms with Crippen molar-refractivity contribution in [2.24, 2.45) is 0 Å². The van der Waals surface area contributed by atoms with E-state index in [-0.39, 0.29) is 11.7 Å². The Labute approximate surface area is 121 Å². The molecule has 21 heavy (non-hydrogen) atoms. The van der Waals surface area contributed by atoms with Crippen LogP contribution in [0.1, 0.15) is 24.1 Å². The van der Waals surface area contributed by atoms with Crippen molar-refractivity contribution < 1.29 is 14.4 Å². The van der Waals surface area contributed by atoms with Gasteiger partial charge in [-0.3, -0.25) is 10.1 Å². The van der Waals surface area contributed by atoms with Gasteiger partial charge in [0.2, 0.25) is 0 Å². The van der Waals surface area contributed by atoms with Gasteiger partial charge in [0, 0.05) is 29.4 Å². The Bertz CT molecular complexity index is 689. The molecule has 1 unspecified atom stereocenters. The summed E-state index contributed by atoms with van der Waals surface area (Å²) in [6.07, 6.45) is 0. The molecular formula is C15H15FN2O3. The Morgan fingerprint density at radius 3 is 2.62 bits per heavy atom. The number of halogens is 1. The number of anilines is 1. The summed E-state index contributed by atoms with van der Waals surface area (Å²) in [7, 11) is 0. The minimum Gasteiger partial charge on any atom is -0.505 e. The Morgan fingerprint density at radius 2 is 2.00 bits per heavy atom. The highest BCUT2D eigenvalue weighted by atomic mass is 19.1. The summed E-state index contributed by atoms with van der Waals surface area (Å²) >= 11 is 0. The molecular weight excluding hydrogens is 275 g/mol. The molecule has 2 aromatic rings. The zero-order chi connectivity index (χ0) is 15.6. The molecule has 0 amide bonds. The number of benzene rings is 2. The first kappa shape index (κ1) is 14.8. The molecule has 0 heterocycles. The van der Waals surface area contributed by atoms with Gasteiger partial charge in [0.15, 0.2) is 11.6 Å². The van der Waals surface area contributed by atoms with E-state index >= 15 is 0 Å². The smallest absolute Gasteiger partial charge is 0.272 e. The third-order valence-electron chi connectivity index (χ3n) is 3.26. The zero-order valence-electron chi connectivity index (χ0n) is 11.6. The number of nitro benzene ring substituents is 1. The fourth-order valence-corrected chi connectivity index (χ4v) is 2.02. The summed E-state index contributed by atoms with van der Waals surface area (Å²) in [6, 6.07) is 8.70. The number of hydrogen-bond acceptors (Lipinski definition) is 4. The number of nitrogens with one attached hydrogen (secondary N) is 1. The van der Waals surface area contributed by atoms with Gasteiger partial charge < -0.3 is 10.4 Å². The van der Waals surface area contributed by atoms with Crippen molar-refractivity contribution in [3.8, 4) is 5.75 Å². The third kappa shape index (κ3) is 3.28. The fraction of sp³-hybridized carbons (Fsp3) is 0.200. The van der Waals surface area contributed by atoms with Crippen molar-refractivity contribution >= 4 is 11.4 Å². The maximum absolute atomic E-state index is 13.3. The molecule has 0 saturated heterocycles. The van der Waals surface area contributed by atoms with Crippen molar-refractivity contribution in [1.82, 2.24) is 0 Å². The molecule has 0 aromatic heterocycles. The van der Waals surface area contributed by atoms with Gasteiger partial charge in [0.1, 0.15) is 0 Å². The lowest BCUT2D eigenvalue weighted by Crippen LogP contribution is -2.07. The number of nitro groups is 1. The molecule has 0 spiro atoms. The van der Waals surface area contributed by atoms with Gasteiger partial charge in [-0.05, 0) is 31.5 Å². The number of phenols is 1. The molecule has 0 aliphatic rings. The monoisotopic (exact) mass is 290 g/mol. The normalized spacial score (nSPS) is 12.0. The average Bonchev–Trinajstić information content (AvgIpc) is 2.43. The van der Waals surface area contributed by atoms with E-state index < -0.39 is 16.5 Å². The van der Waals surface area contributed by atoms with E-state index in [2.05, 4.69) is 5.32 Å². The van der Waals surface area contributed by atoms with E-state index in [0.29, 0.717) is 11.3 Å². The zero-order valence-corrected chi connectivity index (χ0v) is 11.6. The van der Waals surface area contributed by atoms with Crippen LogP contribution in [0.4, 0.5) is 15.8 Å². The molecule has 6 heteroatoms. The molecule has 1 atom stereocenters. The van der Waals surface area contributed by atoms with Crippen molar-refractivity contribution in [2.45, 2.75) is 19.9 Å². The summed E-state index contributed by atoms with van der Waals surface area (Å²) < 4.78 is 13.3. The molecule has 110 valence electrons. The minimum absolute atomic E-state index is 0.0537. The van der Waals surface area contributed by atoms with Crippen LogP contribution in [0, 0.1) is 22.9 Å². The SMILES string of the molecule is Cc1ccc(C(C)Nc2ccc(O)c(F)c2)cc1[N+](=O)[O-]. The molecule has 5 nitrogen and oxygen atoms in total. The van der Waals surface area contributed by atoms with Gasteiger partial charge in [0.05, 0.1) is 4.92 Å². The fourth-order valence-electron chi connectivity index (χ4n) is 2.02. The largest absolute Gasteiger partial charge is 0.505 e. The molecule has 2 aromatic carbocycles. The Balaban J connectivity index is 2.23. The molecule has 0 bridgehead atoms. The number of aryl methyl sites for hydroxylation is 1. The Kier molecular flexibility index (Phi) is 4.07. The highest BCUT2D eigenvalue weighted by molar-refractivity contribution is 5.50. The van der Waals surface area contributed by atoms with Crippen LogP contribution >= 0.6 is 0 Å². The third-order valence-corrected chi connectivity index (χ3v) is 3.26. The molecule has 0 radical (unpaired) electrons. The first-order chi connectivity index (χ1) is 9.88. The van der Waals surface area contributed by atoms with Gasteiger partial charge in [-0.15, -0.1) is 0 Å². The highest BCUT2D eigenvalue weighted by Gasteiger charge is 2.14. The average molecular weight is 290 g/mol. The van der Waals surface area contributed by atoms with Crippen molar-refractivity contribution in [3.63, 3.8) is 0 Å². The van der Waals surface area contributed by atoms with E-state index in [0.717, 1.165) is 5.56 Å². The summed E-state index contributed by atoms with van der Waals surface area (Å²) in [6.45, 7) is 3.49. The summed E-state index contributed by atoms with van der Waals surface area (Å²) in [5.74, 6) is -1.14. The predicted octanol–water partition coefficient (Wildman–Crippen LogP) is 3.92. The Hall–Kier alpha value is -2.63. The highest BCUT2D eigenvalue weighted by Crippen LogP contribution is 2.27. The Morgan fingerprint density at radius 1 is 1.29 bits per heavy atom. The number of rotatable bonds is 4. The number of phenolic OH excluding ortho intramolecular Hbond substituents is 1. The first-order valence-electron chi connectivity index (χ1n) is 6.38. The molecule has 2 rings (SSSR count). The van der Waals surface area contributed by atoms with E-state index in [1.807, 2.05) is 6.92 Å². The number of aromatic hydroxyl groups is 1. The maximum Gasteiger partial charge on any atom is 0.272 e. The quantitative estimate of drug-likeness (QED) is 0.508. The number of hydrogen-bond donors (Lipinski definition) is 2. The lowest BCUT2D eigenvalue weighted by Gasteiger charge is -2.16. The van der Waals surface area contributed by atoms with Gasteiger partial charge in [0.25, 0.3) is 5.69 Å². The number of nitrogens with zero attached hydrogens (tertiary/aromatic N) is 1. The van der Waals surface area contributed by atoms with Crippen molar-refractivity contribution in [3.05, 3.63) is 63.5 Å². The maximum atomic E-state index is 13.3. The van der Waals surface area contributed by atoms with Gasteiger partial charge in [-0.1, -0.05) is 12.1 Å². The van der Waals surface area contributed by atoms with Crippen LogP contribution in [0.3, 0.4) is 0 Å². The van der Waals surface area contributed by atoms with Crippen LogP contribution in [-0.4, -0.2) is 10.0 Å². The molecule has 0 aliphatic heterocycles. The summed E-state index contributed by atoms with van der Waals surface area (Å²) in [4.78, 5) is 10.5. The lowest BCUT2D eigenvalue weighted by molar-refractivity contribution is -0.385. The van der Waals surface area contributed by atoms with Crippen molar-refractivity contribution in [2.75, 3.05) is 5.32 Å². The van der Waals surface area contributed by atoms with E-state index in [1.165, 1.54) is 24.3 Å². The van der Waals surface area contributed by atoms with Crippen molar-refractivity contribution in [1.29, 1.82) is 0 Å². The molecule has 2 N–H and O–H groups in total. The summed E-state index contributed by atoms with van der Waals surface area (Å²) in [5, 5.41) is 23.1.